The van der Waals surface area contributed by atoms with Crippen molar-refractivity contribution in [1.29, 1.82) is 0 Å². The standard InChI is InChI=1S/C10H12BrNO/c11-8-3-1-7(2-4-8)10-9(12)5-6-13-10/h1-4,9-10H,5-6,12H2. The van der Waals surface area contributed by atoms with E-state index in [4.69, 9.17) is 10.5 Å². The molecule has 1 heterocycles. The van der Waals surface area contributed by atoms with E-state index < -0.39 is 0 Å². The number of ether oxygens (including phenoxy) is 1. The topological polar surface area (TPSA) is 35.2 Å². The third kappa shape index (κ3) is 1.93. The fourth-order valence-electron chi connectivity index (χ4n) is 1.60. The van der Waals surface area contributed by atoms with E-state index in [1.165, 1.54) is 5.56 Å². The van der Waals surface area contributed by atoms with Gasteiger partial charge in [0.25, 0.3) is 0 Å². The van der Waals surface area contributed by atoms with E-state index in [0.29, 0.717) is 0 Å². The number of rotatable bonds is 1. The van der Waals surface area contributed by atoms with Crippen LogP contribution in [0.25, 0.3) is 0 Å². The van der Waals surface area contributed by atoms with Crippen LogP contribution in [0.5, 0.6) is 0 Å². The van der Waals surface area contributed by atoms with Crippen LogP contribution < -0.4 is 5.73 Å². The molecule has 0 bridgehead atoms. The quantitative estimate of drug-likeness (QED) is 0.819. The van der Waals surface area contributed by atoms with Gasteiger partial charge in [0.1, 0.15) is 0 Å². The first-order valence-electron chi connectivity index (χ1n) is 4.40. The van der Waals surface area contributed by atoms with Crippen LogP contribution >= 0.6 is 15.9 Å². The molecule has 1 fully saturated rings. The minimum Gasteiger partial charge on any atom is -0.372 e. The Hall–Kier alpha value is -0.380. The predicted molar refractivity (Wildman–Crippen MR) is 55.4 cm³/mol. The monoisotopic (exact) mass is 241 g/mol. The third-order valence-corrected chi connectivity index (χ3v) is 2.86. The fourth-order valence-corrected chi connectivity index (χ4v) is 1.87. The summed E-state index contributed by atoms with van der Waals surface area (Å²) in [5.74, 6) is 0. The molecule has 0 saturated carbocycles. The smallest absolute Gasteiger partial charge is 0.0976 e. The second-order valence-electron chi connectivity index (χ2n) is 3.30. The molecule has 3 heteroatoms. The molecule has 0 amide bonds. The van der Waals surface area contributed by atoms with Gasteiger partial charge in [0.2, 0.25) is 0 Å². The molecule has 2 rings (SSSR count). The van der Waals surface area contributed by atoms with Gasteiger partial charge in [-0.25, -0.2) is 0 Å². The maximum absolute atomic E-state index is 5.91. The molecular formula is C10H12BrNO. The van der Waals surface area contributed by atoms with Gasteiger partial charge < -0.3 is 10.5 Å². The lowest BCUT2D eigenvalue weighted by atomic mass is 10.0. The zero-order valence-electron chi connectivity index (χ0n) is 7.24. The van der Waals surface area contributed by atoms with Gasteiger partial charge in [0.15, 0.2) is 0 Å². The Balaban J connectivity index is 2.20. The summed E-state index contributed by atoms with van der Waals surface area (Å²) in [5, 5.41) is 0. The molecule has 1 aromatic carbocycles. The summed E-state index contributed by atoms with van der Waals surface area (Å²) in [4.78, 5) is 0. The summed E-state index contributed by atoms with van der Waals surface area (Å²) in [6.45, 7) is 0.780. The molecule has 0 radical (unpaired) electrons. The second-order valence-corrected chi connectivity index (χ2v) is 4.21. The first-order valence-corrected chi connectivity index (χ1v) is 5.19. The summed E-state index contributed by atoms with van der Waals surface area (Å²) in [7, 11) is 0. The molecule has 0 aromatic heterocycles. The number of nitrogens with two attached hydrogens (primary N) is 1. The van der Waals surface area contributed by atoms with Crippen molar-refractivity contribution in [3.8, 4) is 0 Å². The summed E-state index contributed by atoms with van der Waals surface area (Å²) in [5.41, 5.74) is 7.09. The summed E-state index contributed by atoms with van der Waals surface area (Å²) < 4.78 is 6.64. The molecule has 1 saturated heterocycles. The molecule has 70 valence electrons. The van der Waals surface area contributed by atoms with Crippen LogP contribution in [0.4, 0.5) is 0 Å². The van der Waals surface area contributed by atoms with Crippen LogP contribution in [0.3, 0.4) is 0 Å². The van der Waals surface area contributed by atoms with Crippen LogP contribution in [0, 0.1) is 0 Å². The lowest BCUT2D eigenvalue weighted by molar-refractivity contribution is 0.105. The van der Waals surface area contributed by atoms with E-state index >= 15 is 0 Å². The van der Waals surface area contributed by atoms with Gasteiger partial charge in [-0.05, 0) is 24.1 Å². The van der Waals surface area contributed by atoms with Crippen LogP contribution in [-0.2, 0) is 4.74 Å². The molecule has 0 aliphatic carbocycles. The molecule has 2 atom stereocenters. The summed E-state index contributed by atoms with van der Waals surface area (Å²) in [6.07, 6.45) is 1.05. The third-order valence-electron chi connectivity index (χ3n) is 2.34. The molecular weight excluding hydrogens is 230 g/mol. The van der Waals surface area contributed by atoms with Gasteiger partial charge in [-0.15, -0.1) is 0 Å². The SMILES string of the molecule is NC1CCOC1c1ccc(Br)cc1. The molecule has 2 nitrogen and oxygen atoms in total. The zero-order chi connectivity index (χ0) is 9.26. The molecule has 1 aromatic rings. The minimum absolute atomic E-state index is 0.0908. The van der Waals surface area contributed by atoms with Crippen molar-refractivity contribution in [1.82, 2.24) is 0 Å². The van der Waals surface area contributed by atoms with Crippen molar-refractivity contribution < 1.29 is 4.74 Å². The Kier molecular flexibility index (Phi) is 2.67. The van der Waals surface area contributed by atoms with E-state index in [-0.39, 0.29) is 12.1 Å². The van der Waals surface area contributed by atoms with Crippen LogP contribution in [0.15, 0.2) is 28.7 Å². The van der Waals surface area contributed by atoms with Crippen molar-refractivity contribution in [2.24, 2.45) is 5.73 Å². The van der Waals surface area contributed by atoms with Crippen LogP contribution in [0.1, 0.15) is 18.1 Å². The van der Waals surface area contributed by atoms with Crippen LogP contribution in [0.2, 0.25) is 0 Å². The molecule has 0 spiro atoms. The number of halogens is 1. The van der Waals surface area contributed by atoms with E-state index in [2.05, 4.69) is 28.1 Å². The van der Waals surface area contributed by atoms with Crippen molar-refractivity contribution in [2.75, 3.05) is 6.61 Å². The van der Waals surface area contributed by atoms with Gasteiger partial charge >= 0.3 is 0 Å². The normalized spacial score (nSPS) is 27.8. The highest BCUT2D eigenvalue weighted by atomic mass is 79.9. The van der Waals surface area contributed by atoms with Crippen molar-refractivity contribution in [3.05, 3.63) is 34.3 Å². The molecule has 2 unspecified atom stereocenters. The summed E-state index contributed by atoms with van der Waals surface area (Å²) >= 11 is 3.40. The van der Waals surface area contributed by atoms with Gasteiger partial charge in [-0.3, -0.25) is 0 Å². The average molecular weight is 242 g/mol. The highest BCUT2D eigenvalue weighted by Gasteiger charge is 2.25. The number of hydrogen-bond acceptors (Lipinski definition) is 2. The van der Waals surface area contributed by atoms with E-state index in [0.717, 1.165) is 17.5 Å². The zero-order valence-corrected chi connectivity index (χ0v) is 8.83. The lowest BCUT2D eigenvalue weighted by Crippen LogP contribution is -2.23. The largest absolute Gasteiger partial charge is 0.372 e. The maximum Gasteiger partial charge on any atom is 0.0976 e. The molecule has 1 aliphatic rings. The Morgan fingerprint density at radius 1 is 1.31 bits per heavy atom. The van der Waals surface area contributed by atoms with Crippen molar-refractivity contribution in [3.63, 3.8) is 0 Å². The fraction of sp³-hybridized carbons (Fsp3) is 0.400. The number of benzene rings is 1. The van der Waals surface area contributed by atoms with Gasteiger partial charge in [0.05, 0.1) is 6.10 Å². The highest BCUT2D eigenvalue weighted by Crippen LogP contribution is 2.28. The van der Waals surface area contributed by atoms with E-state index in [1.54, 1.807) is 0 Å². The number of hydrogen-bond donors (Lipinski definition) is 1. The maximum atomic E-state index is 5.91. The summed E-state index contributed by atoms with van der Waals surface area (Å²) in [6, 6.07) is 8.30. The van der Waals surface area contributed by atoms with E-state index in [1.807, 2.05) is 12.1 Å². The molecule has 1 aliphatic heterocycles. The first kappa shape index (κ1) is 9.19. The van der Waals surface area contributed by atoms with Gasteiger partial charge in [-0.1, -0.05) is 28.1 Å². The van der Waals surface area contributed by atoms with E-state index in [9.17, 15) is 0 Å². The Labute approximate surface area is 86.2 Å². The lowest BCUT2D eigenvalue weighted by Gasteiger charge is -2.14. The Morgan fingerprint density at radius 2 is 2.00 bits per heavy atom. The molecule has 13 heavy (non-hydrogen) atoms. The first-order chi connectivity index (χ1) is 6.27. The molecule has 2 N–H and O–H groups in total. The van der Waals surface area contributed by atoms with Crippen LogP contribution in [-0.4, -0.2) is 12.6 Å². The van der Waals surface area contributed by atoms with Crippen molar-refractivity contribution in [2.45, 2.75) is 18.6 Å². The van der Waals surface area contributed by atoms with Gasteiger partial charge in [0, 0.05) is 17.1 Å². The predicted octanol–water partition coefficient (Wildman–Crippen LogP) is 2.24. The minimum atomic E-state index is 0.0908. The van der Waals surface area contributed by atoms with Gasteiger partial charge in [-0.2, -0.15) is 0 Å². The Bertz CT molecular complexity index is 285. The van der Waals surface area contributed by atoms with Crippen molar-refractivity contribution >= 4 is 15.9 Å². The second kappa shape index (κ2) is 3.78. The highest BCUT2D eigenvalue weighted by molar-refractivity contribution is 9.10. The Morgan fingerprint density at radius 3 is 2.54 bits per heavy atom. The average Bonchev–Trinajstić information content (AvgIpc) is 2.53.